The van der Waals surface area contributed by atoms with Crippen molar-refractivity contribution in [2.24, 2.45) is 17.8 Å². The van der Waals surface area contributed by atoms with Gasteiger partial charge in [-0.05, 0) is 42.6 Å². The molecule has 2 heteroatoms. The highest BCUT2D eigenvalue weighted by molar-refractivity contribution is 5.14. The molecule has 1 saturated carbocycles. The number of benzene rings is 1. The zero-order chi connectivity index (χ0) is 15.0. The van der Waals surface area contributed by atoms with Gasteiger partial charge in [-0.3, -0.25) is 0 Å². The zero-order valence-electron chi connectivity index (χ0n) is 13.1. The van der Waals surface area contributed by atoms with Crippen LogP contribution in [0.5, 0.6) is 0 Å². The van der Waals surface area contributed by atoms with Gasteiger partial charge in [-0.1, -0.05) is 57.5 Å². The Hall–Kier alpha value is -0.860. The minimum atomic E-state index is -0.0289. The van der Waals surface area contributed by atoms with Crippen molar-refractivity contribution in [3.63, 3.8) is 0 Å². The minimum Gasteiger partial charge on any atom is -0.396 e. The number of aliphatic hydroxyl groups is 2. The largest absolute Gasteiger partial charge is 0.396 e. The Kier molecular flexibility index (Phi) is 7.86. The number of hydrogen-bond donors (Lipinski definition) is 2. The zero-order valence-corrected chi connectivity index (χ0v) is 13.1. The van der Waals surface area contributed by atoms with Gasteiger partial charge in [-0.25, -0.2) is 0 Å². The van der Waals surface area contributed by atoms with Crippen LogP contribution in [0.3, 0.4) is 0 Å². The predicted molar refractivity (Wildman–Crippen MR) is 84.6 cm³/mol. The van der Waals surface area contributed by atoms with E-state index in [0.717, 1.165) is 18.8 Å². The van der Waals surface area contributed by atoms with Gasteiger partial charge in [-0.2, -0.15) is 0 Å². The Morgan fingerprint density at radius 2 is 1.80 bits per heavy atom. The highest BCUT2D eigenvalue weighted by Crippen LogP contribution is 2.33. The van der Waals surface area contributed by atoms with E-state index < -0.39 is 0 Å². The first-order chi connectivity index (χ1) is 9.54. The molecule has 0 spiro atoms. The van der Waals surface area contributed by atoms with Crippen molar-refractivity contribution < 1.29 is 10.2 Å². The maximum absolute atomic E-state index is 9.71. The summed E-state index contributed by atoms with van der Waals surface area (Å²) in [5, 5.41) is 18.2. The average molecular weight is 278 g/mol. The summed E-state index contributed by atoms with van der Waals surface area (Å²) < 4.78 is 0. The molecule has 1 aromatic carbocycles. The van der Waals surface area contributed by atoms with Gasteiger partial charge >= 0.3 is 0 Å². The molecule has 1 aliphatic rings. The maximum Gasteiger partial charge on any atom is 0.0573 e. The van der Waals surface area contributed by atoms with Crippen LogP contribution in [0.25, 0.3) is 0 Å². The van der Waals surface area contributed by atoms with E-state index in [-0.39, 0.29) is 12.7 Å². The van der Waals surface area contributed by atoms with Crippen LogP contribution in [0.2, 0.25) is 0 Å². The fraction of sp³-hybridized carbons (Fsp3) is 0.667. The summed E-state index contributed by atoms with van der Waals surface area (Å²) in [6.45, 7) is 6.90. The van der Waals surface area contributed by atoms with Crippen molar-refractivity contribution in [2.45, 2.75) is 52.6 Å². The molecular weight excluding hydrogens is 248 g/mol. The maximum atomic E-state index is 9.71. The van der Waals surface area contributed by atoms with Gasteiger partial charge in [0.25, 0.3) is 0 Å². The molecule has 0 aromatic heterocycles. The lowest BCUT2D eigenvalue weighted by molar-refractivity contribution is 0.0266. The standard InChI is InChI=1S/C10H20O.C8H10O/c1-7(2)9-5-4-8(3)6-10(9)11;9-7-6-8-4-2-1-3-5-8/h7-11H,4-6H2,1-3H3;1-5,9H,6-7H2. The molecule has 2 rings (SSSR count). The molecule has 3 atom stereocenters. The molecular formula is C18H30O2. The predicted octanol–water partition coefficient (Wildman–Crippen LogP) is 3.66. The lowest BCUT2D eigenvalue weighted by Gasteiger charge is -2.33. The van der Waals surface area contributed by atoms with Gasteiger partial charge in [0, 0.05) is 6.61 Å². The molecule has 1 aliphatic carbocycles. The molecule has 3 unspecified atom stereocenters. The number of rotatable bonds is 3. The lowest BCUT2D eigenvalue weighted by atomic mass is 9.75. The van der Waals surface area contributed by atoms with E-state index in [4.69, 9.17) is 5.11 Å². The van der Waals surface area contributed by atoms with E-state index in [1.54, 1.807) is 0 Å². The molecule has 1 aromatic rings. The first-order valence-corrected chi connectivity index (χ1v) is 7.87. The Morgan fingerprint density at radius 1 is 1.15 bits per heavy atom. The molecule has 114 valence electrons. The molecule has 2 N–H and O–H groups in total. The monoisotopic (exact) mass is 278 g/mol. The summed E-state index contributed by atoms with van der Waals surface area (Å²) in [7, 11) is 0. The smallest absolute Gasteiger partial charge is 0.0573 e. The quantitative estimate of drug-likeness (QED) is 0.886. The van der Waals surface area contributed by atoms with Crippen molar-refractivity contribution in [3.05, 3.63) is 35.9 Å². The Bertz CT molecular complexity index is 348. The number of aliphatic hydroxyl groups excluding tert-OH is 2. The molecule has 0 aliphatic heterocycles. The van der Waals surface area contributed by atoms with Crippen LogP contribution < -0.4 is 0 Å². The lowest BCUT2D eigenvalue weighted by Crippen LogP contribution is -2.31. The topological polar surface area (TPSA) is 40.5 Å². The fourth-order valence-electron chi connectivity index (χ4n) is 2.93. The summed E-state index contributed by atoms with van der Waals surface area (Å²) in [6.07, 6.45) is 4.28. The molecule has 0 radical (unpaired) electrons. The van der Waals surface area contributed by atoms with Crippen molar-refractivity contribution in [1.29, 1.82) is 0 Å². The summed E-state index contributed by atoms with van der Waals surface area (Å²) in [6, 6.07) is 9.95. The van der Waals surface area contributed by atoms with Gasteiger partial charge < -0.3 is 10.2 Å². The van der Waals surface area contributed by atoms with E-state index in [1.807, 2.05) is 30.3 Å². The van der Waals surface area contributed by atoms with Crippen LogP contribution in [0.15, 0.2) is 30.3 Å². The van der Waals surface area contributed by atoms with Crippen LogP contribution in [0.1, 0.15) is 45.6 Å². The highest BCUT2D eigenvalue weighted by atomic mass is 16.3. The minimum absolute atomic E-state index is 0.0289. The molecule has 0 heterocycles. The molecule has 0 amide bonds. The van der Waals surface area contributed by atoms with Gasteiger partial charge in [0.15, 0.2) is 0 Å². The van der Waals surface area contributed by atoms with Crippen molar-refractivity contribution in [3.8, 4) is 0 Å². The normalized spacial score (nSPS) is 26.0. The van der Waals surface area contributed by atoms with E-state index in [0.29, 0.717) is 11.8 Å². The summed E-state index contributed by atoms with van der Waals surface area (Å²) in [4.78, 5) is 0. The van der Waals surface area contributed by atoms with Gasteiger partial charge in [0.2, 0.25) is 0 Å². The van der Waals surface area contributed by atoms with Crippen LogP contribution in [0.4, 0.5) is 0 Å². The summed E-state index contributed by atoms with van der Waals surface area (Å²) >= 11 is 0. The average Bonchev–Trinajstić information content (AvgIpc) is 2.40. The van der Waals surface area contributed by atoms with Crippen LogP contribution in [-0.2, 0) is 6.42 Å². The first-order valence-electron chi connectivity index (χ1n) is 7.87. The van der Waals surface area contributed by atoms with Crippen LogP contribution >= 0.6 is 0 Å². The summed E-state index contributed by atoms with van der Waals surface area (Å²) in [5.41, 5.74) is 1.19. The third-order valence-electron chi connectivity index (χ3n) is 4.23. The highest BCUT2D eigenvalue weighted by Gasteiger charge is 2.28. The third-order valence-corrected chi connectivity index (χ3v) is 4.23. The molecule has 2 nitrogen and oxygen atoms in total. The van der Waals surface area contributed by atoms with E-state index >= 15 is 0 Å². The Morgan fingerprint density at radius 3 is 2.30 bits per heavy atom. The first kappa shape index (κ1) is 17.2. The van der Waals surface area contributed by atoms with Gasteiger partial charge in [-0.15, -0.1) is 0 Å². The van der Waals surface area contributed by atoms with E-state index in [2.05, 4.69) is 20.8 Å². The number of hydrogen-bond acceptors (Lipinski definition) is 2. The van der Waals surface area contributed by atoms with E-state index in [1.165, 1.54) is 18.4 Å². The second-order valence-corrected chi connectivity index (χ2v) is 6.35. The second-order valence-electron chi connectivity index (χ2n) is 6.35. The molecule has 1 fully saturated rings. The SMILES string of the molecule is CC1CCC(C(C)C)C(O)C1.OCCc1ccccc1. The van der Waals surface area contributed by atoms with Crippen molar-refractivity contribution in [1.82, 2.24) is 0 Å². The summed E-state index contributed by atoms with van der Waals surface area (Å²) in [5.74, 6) is 1.95. The molecule has 0 bridgehead atoms. The third kappa shape index (κ3) is 6.06. The Balaban J connectivity index is 0.000000204. The Labute approximate surface area is 123 Å². The van der Waals surface area contributed by atoms with Crippen molar-refractivity contribution in [2.75, 3.05) is 6.61 Å². The van der Waals surface area contributed by atoms with Gasteiger partial charge in [0.05, 0.1) is 6.10 Å². The van der Waals surface area contributed by atoms with E-state index in [9.17, 15) is 5.11 Å². The van der Waals surface area contributed by atoms with Crippen LogP contribution in [0, 0.1) is 17.8 Å². The van der Waals surface area contributed by atoms with Gasteiger partial charge in [0.1, 0.15) is 0 Å². The van der Waals surface area contributed by atoms with Crippen molar-refractivity contribution >= 4 is 0 Å². The fourth-order valence-corrected chi connectivity index (χ4v) is 2.93. The second kappa shape index (κ2) is 9.15. The van der Waals surface area contributed by atoms with Crippen LogP contribution in [-0.4, -0.2) is 22.9 Å². The molecule has 20 heavy (non-hydrogen) atoms. The molecule has 0 saturated heterocycles.